The first-order chi connectivity index (χ1) is 18.8. The fraction of sp³-hybridized carbons (Fsp3) is 0.517. The molecule has 2 aromatic carbocycles. The molecule has 0 N–H and O–H groups in total. The fourth-order valence-corrected chi connectivity index (χ4v) is 7.41. The first-order valence-corrected chi connectivity index (χ1v) is 16.1. The molecule has 0 bridgehead atoms. The van der Waals surface area contributed by atoms with Crippen molar-refractivity contribution >= 4 is 42.6 Å². The number of aryl methyl sites for hydroxylation is 2. The van der Waals surface area contributed by atoms with Crippen LogP contribution in [0.4, 0.5) is 5.13 Å². The maximum atomic E-state index is 13.9. The summed E-state index contributed by atoms with van der Waals surface area (Å²) >= 11 is 1.53. The standard InChI is InChI=1S/C29H40N4O4S2/c1-5-7-16-32(6-2)39(35,36)25-13-11-24(12-14-25)28(34)33(17-8-15-31-18-20-37-21-19-31)29-30-26-22(3)9-10-23(4)27(26)38-29/h9-14H,5-8,15-21H2,1-4H3. The first-order valence-electron chi connectivity index (χ1n) is 13.8. The monoisotopic (exact) mass is 572 g/mol. The SMILES string of the molecule is CCCCN(CC)S(=O)(=O)c1ccc(C(=O)N(CCCN2CCOCC2)c2nc3c(C)ccc(C)c3s2)cc1. The highest BCUT2D eigenvalue weighted by Crippen LogP contribution is 2.34. The van der Waals surface area contributed by atoms with Gasteiger partial charge in [-0.05, 0) is 62.1 Å². The van der Waals surface area contributed by atoms with Gasteiger partial charge in [-0.2, -0.15) is 4.31 Å². The van der Waals surface area contributed by atoms with Gasteiger partial charge < -0.3 is 4.74 Å². The molecule has 0 aliphatic carbocycles. The normalized spacial score (nSPS) is 14.8. The summed E-state index contributed by atoms with van der Waals surface area (Å²) in [6, 6.07) is 10.5. The highest BCUT2D eigenvalue weighted by atomic mass is 32.2. The number of aromatic nitrogens is 1. The van der Waals surface area contributed by atoms with E-state index in [1.54, 1.807) is 29.2 Å². The van der Waals surface area contributed by atoms with Crippen molar-refractivity contribution in [2.45, 2.75) is 51.9 Å². The number of hydrogen-bond donors (Lipinski definition) is 0. The molecule has 1 aliphatic heterocycles. The van der Waals surface area contributed by atoms with Crippen molar-refractivity contribution in [1.82, 2.24) is 14.2 Å². The Kier molecular flexibility index (Phi) is 10.1. The van der Waals surface area contributed by atoms with E-state index in [4.69, 9.17) is 9.72 Å². The zero-order chi connectivity index (χ0) is 28.0. The van der Waals surface area contributed by atoms with Crippen LogP contribution in [-0.2, 0) is 14.8 Å². The number of amides is 1. The lowest BCUT2D eigenvalue weighted by Gasteiger charge is -2.27. The van der Waals surface area contributed by atoms with Gasteiger partial charge in [0.2, 0.25) is 10.0 Å². The summed E-state index contributed by atoms with van der Waals surface area (Å²) < 4.78 is 34.4. The minimum atomic E-state index is -3.61. The number of nitrogens with zero attached hydrogens (tertiary/aromatic N) is 4. The number of carbonyl (C=O) groups is 1. The summed E-state index contributed by atoms with van der Waals surface area (Å²) in [6.07, 6.45) is 2.53. The van der Waals surface area contributed by atoms with Crippen LogP contribution in [0.3, 0.4) is 0 Å². The molecule has 212 valence electrons. The van der Waals surface area contributed by atoms with Crippen LogP contribution in [0.25, 0.3) is 10.2 Å². The molecule has 0 saturated carbocycles. The van der Waals surface area contributed by atoms with Crippen LogP contribution in [0.5, 0.6) is 0 Å². The van der Waals surface area contributed by atoms with Crippen molar-refractivity contribution < 1.29 is 17.9 Å². The summed E-state index contributed by atoms with van der Waals surface area (Å²) in [7, 11) is -3.61. The molecule has 1 amide bonds. The number of unbranched alkanes of at least 4 members (excludes halogenated alkanes) is 1. The number of morpholine rings is 1. The third-order valence-electron chi connectivity index (χ3n) is 7.22. The molecule has 1 aromatic heterocycles. The van der Waals surface area contributed by atoms with Crippen LogP contribution in [0.15, 0.2) is 41.3 Å². The van der Waals surface area contributed by atoms with Gasteiger partial charge in [0.05, 0.1) is 28.3 Å². The Morgan fingerprint density at radius 2 is 1.69 bits per heavy atom. The van der Waals surface area contributed by atoms with Gasteiger partial charge in [0.25, 0.3) is 5.91 Å². The predicted molar refractivity (Wildman–Crippen MR) is 158 cm³/mol. The number of thiazole rings is 1. The lowest BCUT2D eigenvalue weighted by molar-refractivity contribution is 0.0376. The van der Waals surface area contributed by atoms with E-state index in [1.807, 2.05) is 20.8 Å². The maximum Gasteiger partial charge on any atom is 0.260 e. The smallest absolute Gasteiger partial charge is 0.260 e. The Labute approximate surface area is 236 Å². The van der Waals surface area contributed by atoms with Gasteiger partial charge >= 0.3 is 0 Å². The molecule has 0 atom stereocenters. The molecule has 39 heavy (non-hydrogen) atoms. The Bertz CT molecular complexity index is 1330. The van der Waals surface area contributed by atoms with Gasteiger partial charge in [0.15, 0.2) is 5.13 Å². The zero-order valence-electron chi connectivity index (χ0n) is 23.5. The quantitative estimate of drug-likeness (QED) is 0.301. The average molecular weight is 573 g/mol. The second kappa shape index (κ2) is 13.3. The van der Waals surface area contributed by atoms with Gasteiger partial charge in [-0.15, -0.1) is 0 Å². The minimum Gasteiger partial charge on any atom is -0.379 e. The topological polar surface area (TPSA) is 83.1 Å². The molecule has 1 fully saturated rings. The Morgan fingerprint density at radius 1 is 1.00 bits per heavy atom. The summed E-state index contributed by atoms with van der Waals surface area (Å²) in [5.74, 6) is -0.173. The summed E-state index contributed by atoms with van der Waals surface area (Å²) in [5, 5.41) is 0.669. The van der Waals surface area contributed by atoms with E-state index in [1.165, 1.54) is 15.6 Å². The molecule has 1 aliphatic rings. The molecule has 3 aromatic rings. The van der Waals surface area contributed by atoms with Crippen LogP contribution >= 0.6 is 11.3 Å². The van der Waals surface area contributed by atoms with E-state index >= 15 is 0 Å². The average Bonchev–Trinajstić information content (AvgIpc) is 3.40. The van der Waals surface area contributed by atoms with Gasteiger partial charge in [-0.25, -0.2) is 13.4 Å². The molecule has 0 spiro atoms. The van der Waals surface area contributed by atoms with E-state index in [0.29, 0.717) is 30.3 Å². The summed E-state index contributed by atoms with van der Waals surface area (Å²) in [5.41, 5.74) is 3.59. The largest absolute Gasteiger partial charge is 0.379 e. The second-order valence-electron chi connectivity index (χ2n) is 10.0. The van der Waals surface area contributed by atoms with Crippen molar-refractivity contribution in [2.75, 3.05) is 57.4 Å². The van der Waals surface area contributed by atoms with Crippen LogP contribution in [0, 0.1) is 13.8 Å². The zero-order valence-corrected chi connectivity index (χ0v) is 25.1. The van der Waals surface area contributed by atoms with E-state index in [2.05, 4.69) is 24.0 Å². The molecule has 0 radical (unpaired) electrons. The number of benzene rings is 2. The molecule has 2 heterocycles. The lowest BCUT2D eigenvalue weighted by Crippen LogP contribution is -2.39. The number of ether oxygens (including phenoxy) is 1. The molecule has 1 saturated heterocycles. The third kappa shape index (κ3) is 6.86. The number of hydrogen-bond acceptors (Lipinski definition) is 7. The van der Waals surface area contributed by atoms with Crippen LogP contribution < -0.4 is 4.90 Å². The van der Waals surface area contributed by atoms with Gasteiger partial charge in [-0.1, -0.05) is 43.7 Å². The van der Waals surface area contributed by atoms with Gasteiger partial charge in [0, 0.05) is 44.8 Å². The van der Waals surface area contributed by atoms with E-state index in [9.17, 15) is 13.2 Å². The Balaban J connectivity index is 1.59. The lowest BCUT2D eigenvalue weighted by atomic mass is 10.1. The predicted octanol–water partition coefficient (Wildman–Crippen LogP) is 5.09. The Hall–Kier alpha value is -2.37. The van der Waals surface area contributed by atoms with E-state index in [0.717, 1.165) is 73.5 Å². The summed E-state index contributed by atoms with van der Waals surface area (Å²) in [6.45, 7) is 13.6. The van der Waals surface area contributed by atoms with Crippen LogP contribution in [-0.4, -0.2) is 81.0 Å². The molecule has 4 rings (SSSR count). The van der Waals surface area contributed by atoms with Crippen molar-refractivity contribution in [3.05, 3.63) is 53.1 Å². The van der Waals surface area contributed by atoms with Crippen molar-refractivity contribution in [1.29, 1.82) is 0 Å². The first kappa shape index (κ1) is 29.6. The summed E-state index contributed by atoms with van der Waals surface area (Å²) in [4.78, 5) is 23.1. The minimum absolute atomic E-state index is 0.173. The maximum absolute atomic E-state index is 13.9. The van der Waals surface area contributed by atoms with Crippen molar-refractivity contribution in [3.63, 3.8) is 0 Å². The second-order valence-corrected chi connectivity index (χ2v) is 12.9. The third-order valence-corrected chi connectivity index (χ3v) is 10.4. The molecule has 0 unspecified atom stereocenters. The molecule has 8 nitrogen and oxygen atoms in total. The molecule has 10 heteroatoms. The van der Waals surface area contributed by atoms with Gasteiger partial charge in [0.1, 0.15) is 0 Å². The van der Waals surface area contributed by atoms with Crippen molar-refractivity contribution in [2.24, 2.45) is 0 Å². The van der Waals surface area contributed by atoms with Crippen LogP contribution in [0.1, 0.15) is 54.6 Å². The van der Waals surface area contributed by atoms with Crippen LogP contribution in [0.2, 0.25) is 0 Å². The highest BCUT2D eigenvalue weighted by molar-refractivity contribution is 7.89. The van der Waals surface area contributed by atoms with Gasteiger partial charge in [-0.3, -0.25) is 14.6 Å². The van der Waals surface area contributed by atoms with E-state index in [-0.39, 0.29) is 10.8 Å². The van der Waals surface area contributed by atoms with Crippen molar-refractivity contribution in [3.8, 4) is 0 Å². The molecular weight excluding hydrogens is 532 g/mol. The number of fused-ring (bicyclic) bond motifs is 1. The number of anilines is 1. The number of rotatable bonds is 12. The number of sulfonamides is 1. The Morgan fingerprint density at radius 3 is 2.33 bits per heavy atom. The van der Waals surface area contributed by atoms with E-state index < -0.39 is 10.0 Å². The number of carbonyl (C=O) groups excluding carboxylic acids is 1. The highest BCUT2D eigenvalue weighted by Gasteiger charge is 2.25. The fourth-order valence-electron chi connectivity index (χ4n) is 4.78. The molecular formula is C29H40N4O4S2.